The number of anilines is 1. The summed E-state index contributed by atoms with van der Waals surface area (Å²) in [6.07, 6.45) is 3.84. The molecule has 0 bridgehead atoms. The average Bonchev–Trinajstić information content (AvgIpc) is 2.17. The van der Waals surface area contributed by atoms with Crippen LogP contribution in [0.3, 0.4) is 0 Å². The standard InChI is InChI=1S/C13H18N2O2/c1-9-6-7-12(8-13(9)15(16)17)14-10(2)11-4-3-5-11/h6-8,10-11,14H,3-5H2,1-2H3. The molecular weight excluding hydrogens is 216 g/mol. The summed E-state index contributed by atoms with van der Waals surface area (Å²) in [4.78, 5) is 10.5. The van der Waals surface area contributed by atoms with Crippen molar-refractivity contribution >= 4 is 11.4 Å². The summed E-state index contributed by atoms with van der Waals surface area (Å²) in [5.41, 5.74) is 1.74. The van der Waals surface area contributed by atoms with Crippen LogP contribution in [-0.4, -0.2) is 11.0 Å². The summed E-state index contributed by atoms with van der Waals surface area (Å²) in [6.45, 7) is 3.91. The van der Waals surface area contributed by atoms with E-state index < -0.39 is 0 Å². The Hall–Kier alpha value is -1.58. The predicted octanol–water partition coefficient (Wildman–Crippen LogP) is 3.50. The van der Waals surface area contributed by atoms with Crippen LogP contribution < -0.4 is 5.32 Å². The molecule has 92 valence electrons. The molecule has 4 heteroatoms. The molecule has 1 aliphatic rings. The molecule has 1 fully saturated rings. The lowest BCUT2D eigenvalue weighted by atomic mass is 9.80. The Bertz CT molecular complexity index is 427. The van der Waals surface area contributed by atoms with E-state index in [1.165, 1.54) is 19.3 Å². The van der Waals surface area contributed by atoms with Crippen LogP contribution in [0.2, 0.25) is 0 Å². The van der Waals surface area contributed by atoms with Crippen LogP contribution in [0.5, 0.6) is 0 Å². The van der Waals surface area contributed by atoms with E-state index in [0.29, 0.717) is 11.6 Å². The first kappa shape index (κ1) is 11.9. The fourth-order valence-corrected chi connectivity index (χ4v) is 2.22. The third kappa shape index (κ3) is 2.57. The Morgan fingerprint density at radius 1 is 1.47 bits per heavy atom. The van der Waals surface area contributed by atoms with Gasteiger partial charge in [0.1, 0.15) is 0 Å². The molecule has 0 aliphatic heterocycles. The van der Waals surface area contributed by atoms with E-state index in [4.69, 9.17) is 0 Å². The van der Waals surface area contributed by atoms with E-state index in [1.807, 2.05) is 6.07 Å². The summed E-state index contributed by atoms with van der Waals surface area (Å²) in [7, 11) is 0. The van der Waals surface area contributed by atoms with Gasteiger partial charge < -0.3 is 5.32 Å². The quantitative estimate of drug-likeness (QED) is 0.640. The molecule has 1 saturated carbocycles. The van der Waals surface area contributed by atoms with Crippen LogP contribution in [0.1, 0.15) is 31.7 Å². The van der Waals surface area contributed by atoms with Gasteiger partial charge in [0, 0.05) is 23.4 Å². The van der Waals surface area contributed by atoms with Gasteiger partial charge in [-0.1, -0.05) is 12.5 Å². The second-order valence-electron chi connectivity index (χ2n) is 4.88. The lowest BCUT2D eigenvalue weighted by molar-refractivity contribution is -0.385. The number of hydrogen-bond donors (Lipinski definition) is 1. The van der Waals surface area contributed by atoms with Gasteiger partial charge >= 0.3 is 0 Å². The summed E-state index contributed by atoms with van der Waals surface area (Å²) in [6, 6.07) is 5.74. The van der Waals surface area contributed by atoms with E-state index in [1.54, 1.807) is 19.1 Å². The maximum Gasteiger partial charge on any atom is 0.274 e. The third-order valence-corrected chi connectivity index (χ3v) is 3.66. The third-order valence-electron chi connectivity index (χ3n) is 3.66. The fraction of sp³-hybridized carbons (Fsp3) is 0.538. The van der Waals surface area contributed by atoms with Crippen LogP contribution in [0, 0.1) is 23.0 Å². The van der Waals surface area contributed by atoms with Crippen molar-refractivity contribution in [3.63, 3.8) is 0 Å². The van der Waals surface area contributed by atoms with Gasteiger partial charge in [-0.15, -0.1) is 0 Å². The van der Waals surface area contributed by atoms with Crippen molar-refractivity contribution in [3.05, 3.63) is 33.9 Å². The smallest absolute Gasteiger partial charge is 0.274 e. The highest BCUT2D eigenvalue weighted by atomic mass is 16.6. The van der Waals surface area contributed by atoms with Crippen molar-refractivity contribution in [2.24, 2.45) is 5.92 Å². The first-order valence-electron chi connectivity index (χ1n) is 6.09. The highest BCUT2D eigenvalue weighted by molar-refractivity contribution is 5.55. The van der Waals surface area contributed by atoms with E-state index in [9.17, 15) is 10.1 Å². The Morgan fingerprint density at radius 3 is 2.71 bits per heavy atom. The highest BCUT2D eigenvalue weighted by Gasteiger charge is 2.24. The number of nitrogens with zero attached hydrogens (tertiary/aromatic N) is 1. The molecule has 1 aliphatic carbocycles. The molecule has 0 radical (unpaired) electrons. The zero-order valence-corrected chi connectivity index (χ0v) is 10.3. The van der Waals surface area contributed by atoms with Crippen molar-refractivity contribution in [1.82, 2.24) is 0 Å². The maximum atomic E-state index is 10.8. The number of nitro groups is 1. The molecule has 4 nitrogen and oxygen atoms in total. The van der Waals surface area contributed by atoms with Crippen LogP contribution in [-0.2, 0) is 0 Å². The minimum Gasteiger partial charge on any atom is -0.382 e. The van der Waals surface area contributed by atoms with E-state index in [0.717, 1.165) is 11.6 Å². The van der Waals surface area contributed by atoms with Crippen molar-refractivity contribution < 1.29 is 4.92 Å². The number of hydrogen-bond acceptors (Lipinski definition) is 3. The van der Waals surface area contributed by atoms with E-state index in [-0.39, 0.29) is 10.6 Å². The fourth-order valence-electron chi connectivity index (χ4n) is 2.22. The molecule has 0 saturated heterocycles. The first-order valence-corrected chi connectivity index (χ1v) is 6.09. The summed E-state index contributed by atoms with van der Waals surface area (Å²) >= 11 is 0. The number of nitro benzene ring substituents is 1. The Labute approximate surface area is 101 Å². The topological polar surface area (TPSA) is 55.2 Å². The molecule has 0 heterocycles. The molecular formula is C13H18N2O2. The van der Waals surface area contributed by atoms with Crippen LogP contribution >= 0.6 is 0 Å². The summed E-state index contributed by atoms with van der Waals surface area (Å²) in [5.74, 6) is 0.718. The lowest BCUT2D eigenvalue weighted by Crippen LogP contribution is -2.30. The zero-order valence-electron chi connectivity index (χ0n) is 10.3. The molecule has 0 amide bonds. The largest absolute Gasteiger partial charge is 0.382 e. The predicted molar refractivity (Wildman–Crippen MR) is 68.3 cm³/mol. The molecule has 17 heavy (non-hydrogen) atoms. The molecule has 1 N–H and O–H groups in total. The van der Waals surface area contributed by atoms with Gasteiger partial charge in [-0.05, 0) is 38.7 Å². The van der Waals surface area contributed by atoms with E-state index >= 15 is 0 Å². The summed E-state index contributed by atoms with van der Waals surface area (Å²) < 4.78 is 0. The van der Waals surface area contributed by atoms with Crippen molar-refractivity contribution in [2.75, 3.05) is 5.32 Å². The SMILES string of the molecule is Cc1ccc(NC(C)C2CCC2)cc1[N+](=O)[O-]. The zero-order chi connectivity index (χ0) is 12.4. The number of rotatable bonds is 4. The normalized spacial score (nSPS) is 17.3. The van der Waals surface area contributed by atoms with Crippen molar-refractivity contribution in [1.29, 1.82) is 0 Å². The van der Waals surface area contributed by atoms with E-state index in [2.05, 4.69) is 12.2 Å². The van der Waals surface area contributed by atoms with Crippen LogP contribution in [0.15, 0.2) is 18.2 Å². The minimum absolute atomic E-state index is 0.191. The molecule has 1 atom stereocenters. The Kier molecular flexibility index (Phi) is 3.31. The van der Waals surface area contributed by atoms with Crippen molar-refractivity contribution in [3.8, 4) is 0 Å². The van der Waals surface area contributed by atoms with Gasteiger partial charge in [-0.25, -0.2) is 0 Å². The lowest BCUT2D eigenvalue weighted by Gasteiger charge is -2.32. The van der Waals surface area contributed by atoms with Gasteiger partial charge in [-0.3, -0.25) is 10.1 Å². The molecule has 0 aromatic heterocycles. The van der Waals surface area contributed by atoms with Gasteiger partial charge in [0.05, 0.1) is 4.92 Å². The Balaban J connectivity index is 2.10. The van der Waals surface area contributed by atoms with Gasteiger partial charge in [-0.2, -0.15) is 0 Å². The number of nitrogens with one attached hydrogen (secondary N) is 1. The van der Waals surface area contributed by atoms with Gasteiger partial charge in [0.2, 0.25) is 0 Å². The molecule has 2 rings (SSSR count). The number of benzene rings is 1. The molecule has 1 unspecified atom stereocenters. The maximum absolute atomic E-state index is 10.8. The molecule has 1 aromatic rings. The second kappa shape index (κ2) is 4.73. The molecule has 0 spiro atoms. The van der Waals surface area contributed by atoms with Crippen LogP contribution in [0.25, 0.3) is 0 Å². The minimum atomic E-state index is -0.325. The van der Waals surface area contributed by atoms with Gasteiger partial charge in [0.15, 0.2) is 0 Å². The first-order chi connectivity index (χ1) is 8.08. The summed E-state index contributed by atoms with van der Waals surface area (Å²) in [5, 5.41) is 14.2. The monoisotopic (exact) mass is 234 g/mol. The second-order valence-corrected chi connectivity index (χ2v) is 4.88. The molecule has 1 aromatic carbocycles. The average molecular weight is 234 g/mol. The van der Waals surface area contributed by atoms with Crippen LogP contribution in [0.4, 0.5) is 11.4 Å². The van der Waals surface area contributed by atoms with Crippen molar-refractivity contribution in [2.45, 2.75) is 39.2 Å². The van der Waals surface area contributed by atoms with Gasteiger partial charge in [0.25, 0.3) is 5.69 Å². The number of aryl methyl sites for hydroxylation is 1. The Morgan fingerprint density at radius 2 is 2.18 bits per heavy atom. The highest BCUT2D eigenvalue weighted by Crippen LogP contribution is 2.31.